The molecule has 2 aliphatic heterocycles. The van der Waals surface area contributed by atoms with E-state index < -0.39 is 0 Å². The van der Waals surface area contributed by atoms with Gasteiger partial charge in [0.25, 0.3) is 5.91 Å². The fourth-order valence-corrected chi connectivity index (χ4v) is 3.60. The van der Waals surface area contributed by atoms with Gasteiger partial charge in [-0.05, 0) is 26.2 Å². The largest absolute Gasteiger partial charge is 0.379 e. The smallest absolute Gasteiger partial charge is 0.274 e. The van der Waals surface area contributed by atoms with E-state index in [0.717, 1.165) is 64.5 Å². The van der Waals surface area contributed by atoms with E-state index in [1.165, 1.54) is 12.6 Å². The monoisotopic (exact) mass is 389 g/mol. The van der Waals surface area contributed by atoms with Crippen molar-refractivity contribution in [2.75, 3.05) is 59.0 Å². The normalized spacial score (nSPS) is 18.1. The Kier molecular flexibility index (Phi) is 7.73. The van der Waals surface area contributed by atoms with Gasteiger partial charge in [0.15, 0.2) is 0 Å². The Hall–Kier alpha value is -2.06. The van der Waals surface area contributed by atoms with Crippen molar-refractivity contribution in [1.82, 2.24) is 24.7 Å². The van der Waals surface area contributed by atoms with Gasteiger partial charge >= 0.3 is 0 Å². The lowest BCUT2D eigenvalue weighted by Crippen LogP contribution is -2.44. The van der Waals surface area contributed by atoms with Gasteiger partial charge in [0.1, 0.15) is 5.69 Å². The van der Waals surface area contributed by atoms with Gasteiger partial charge in [-0.2, -0.15) is 0 Å². The first-order valence-electron chi connectivity index (χ1n) is 10.3. The van der Waals surface area contributed by atoms with Crippen LogP contribution in [0.25, 0.3) is 0 Å². The third-order valence-electron chi connectivity index (χ3n) is 5.38. The number of hydrogen-bond donors (Lipinski definition) is 0. The number of amides is 2. The summed E-state index contributed by atoms with van der Waals surface area (Å²) in [5.41, 5.74) is 1.11. The summed E-state index contributed by atoms with van der Waals surface area (Å²) in [7, 11) is 0. The zero-order valence-corrected chi connectivity index (χ0v) is 16.8. The highest BCUT2D eigenvalue weighted by Gasteiger charge is 2.22. The molecule has 28 heavy (non-hydrogen) atoms. The van der Waals surface area contributed by atoms with Crippen LogP contribution in [0, 0.1) is 6.92 Å². The fraction of sp³-hybridized carbons (Fsp3) is 0.700. The Balaban J connectivity index is 1.59. The topological polar surface area (TPSA) is 78.9 Å². The van der Waals surface area contributed by atoms with Gasteiger partial charge in [0.2, 0.25) is 5.91 Å². The molecule has 2 fully saturated rings. The summed E-state index contributed by atoms with van der Waals surface area (Å²) in [6, 6.07) is 0. The molecule has 0 N–H and O–H groups in total. The third kappa shape index (κ3) is 5.97. The van der Waals surface area contributed by atoms with Gasteiger partial charge in [0.05, 0.1) is 25.1 Å². The molecule has 154 valence electrons. The van der Waals surface area contributed by atoms with Gasteiger partial charge in [-0.1, -0.05) is 0 Å². The molecule has 0 bridgehead atoms. The zero-order valence-electron chi connectivity index (χ0n) is 16.8. The molecule has 0 atom stereocenters. The Morgan fingerprint density at radius 3 is 2.46 bits per heavy atom. The van der Waals surface area contributed by atoms with Gasteiger partial charge in [0, 0.05) is 58.4 Å². The number of morpholine rings is 1. The van der Waals surface area contributed by atoms with Crippen LogP contribution in [-0.2, 0) is 9.53 Å². The van der Waals surface area contributed by atoms with E-state index in [-0.39, 0.29) is 11.8 Å². The summed E-state index contributed by atoms with van der Waals surface area (Å²) in [6.07, 6.45) is 6.82. The molecule has 3 rings (SSSR count). The molecule has 2 aliphatic rings. The number of carbonyl (C=O) groups excluding carboxylic acids is 2. The lowest BCUT2D eigenvalue weighted by atomic mass is 10.1. The van der Waals surface area contributed by atoms with E-state index >= 15 is 0 Å². The number of likely N-dealkylation sites (tertiary alicyclic amines) is 1. The van der Waals surface area contributed by atoms with Crippen molar-refractivity contribution in [2.24, 2.45) is 0 Å². The third-order valence-corrected chi connectivity index (χ3v) is 5.38. The van der Waals surface area contributed by atoms with Gasteiger partial charge in [-0.3, -0.25) is 19.5 Å². The molecule has 8 heteroatoms. The molecule has 0 saturated carbocycles. The van der Waals surface area contributed by atoms with Crippen LogP contribution in [0.5, 0.6) is 0 Å². The first-order chi connectivity index (χ1) is 13.6. The quantitative estimate of drug-likeness (QED) is 0.691. The maximum Gasteiger partial charge on any atom is 0.274 e. The van der Waals surface area contributed by atoms with Crippen LogP contribution in [0.1, 0.15) is 41.9 Å². The number of rotatable bonds is 7. The second-order valence-corrected chi connectivity index (χ2v) is 7.48. The number of aryl methyl sites for hydroxylation is 1. The molecule has 0 radical (unpaired) electrons. The Labute approximate surface area is 166 Å². The van der Waals surface area contributed by atoms with Crippen molar-refractivity contribution in [3.8, 4) is 0 Å². The van der Waals surface area contributed by atoms with Gasteiger partial charge in [-0.15, -0.1) is 0 Å². The van der Waals surface area contributed by atoms with Crippen LogP contribution in [0.15, 0.2) is 12.4 Å². The lowest BCUT2D eigenvalue weighted by Gasteiger charge is -2.31. The van der Waals surface area contributed by atoms with E-state index in [4.69, 9.17) is 4.74 Å². The molecular weight excluding hydrogens is 358 g/mol. The highest BCUT2D eigenvalue weighted by atomic mass is 16.5. The number of nitrogens with zero attached hydrogens (tertiary/aromatic N) is 5. The highest BCUT2D eigenvalue weighted by molar-refractivity contribution is 5.92. The van der Waals surface area contributed by atoms with Crippen molar-refractivity contribution in [3.05, 3.63) is 23.8 Å². The van der Waals surface area contributed by atoms with Crippen LogP contribution >= 0.6 is 0 Å². The van der Waals surface area contributed by atoms with Gasteiger partial charge < -0.3 is 14.5 Å². The Morgan fingerprint density at radius 2 is 1.79 bits per heavy atom. The second-order valence-electron chi connectivity index (χ2n) is 7.48. The first-order valence-corrected chi connectivity index (χ1v) is 10.3. The number of ether oxygens (including phenoxy) is 1. The minimum atomic E-state index is -0.160. The molecule has 1 aromatic heterocycles. The molecule has 0 aliphatic carbocycles. The van der Waals surface area contributed by atoms with Crippen LogP contribution in [0.4, 0.5) is 0 Å². The summed E-state index contributed by atoms with van der Waals surface area (Å²) in [5.74, 6) is -0.0222. The molecule has 0 unspecified atom stereocenters. The lowest BCUT2D eigenvalue weighted by molar-refractivity contribution is -0.132. The number of hydrogen-bond acceptors (Lipinski definition) is 6. The van der Waals surface area contributed by atoms with E-state index in [0.29, 0.717) is 25.2 Å². The summed E-state index contributed by atoms with van der Waals surface area (Å²) in [5, 5.41) is 0. The minimum Gasteiger partial charge on any atom is -0.379 e. The maximum atomic E-state index is 13.0. The molecule has 2 saturated heterocycles. The summed E-state index contributed by atoms with van der Waals surface area (Å²) in [6.45, 7) is 8.47. The summed E-state index contributed by atoms with van der Waals surface area (Å²) in [4.78, 5) is 39.9. The molecular formula is C20H31N5O3. The van der Waals surface area contributed by atoms with E-state index in [2.05, 4.69) is 14.9 Å². The van der Waals surface area contributed by atoms with Crippen molar-refractivity contribution in [1.29, 1.82) is 0 Å². The molecule has 2 amide bonds. The SMILES string of the molecule is Cc1cnc(C(=O)N(CCC(=O)N2CCCCC2)CCN2CCOCC2)cn1. The predicted molar refractivity (Wildman–Crippen MR) is 105 cm³/mol. The Bertz CT molecular complexity index is 640. The number of piperidine rings is 1. The van der Waals surface area contributed by atoms with Crippen LogP contribution in [-0.4, -0.2) is 95.5 Å². The van der Waals surface area contributed by atoms with Crippen LogP contribution in [0.3, 0.4) is 0 Å². The van der Waals surface area contributed by atoms with Crippen LogP contribution in [0.2, 0.25) is 0 Å². The average Bonchev–Trinajstić information content (AvgIpc) is 2.75. The second kappa shape index (κ2) is 10.5. The van der Waals surface area contributed by atoms with Crippen molar-refractivity contribution >= 4 is 11.8 Å². The fourth-order valence-electron chi connectivity index (χ4n) is 3.60. The van der Waals surface area contributed by atoms with E-state index in [1.54, 1.807) is 11.1 Å². The number of aromatic nitrogens is 2. The molecule has 8 nitrogen and oxygen atoms in total. The molecule has 3 heterocycles. The zero-order chi connectivity index (χ0) is 19.8. The summed E-state index contributed by atoms with van der Waals surface area (Å²) < 4.78 is 5.39. The summed E-state index contributed by atoms with van der Waals surface area (Å²) >= 11 is 0. The highest BCUT2D eigenvalue weighted by Crippen LogP contribution is 2.11. The average molecular weight is 390 g/mol. The minimum absolute atomic E-state index is 0.138. The Morgan fingerprint density at radius 1 is 1.04 bits per heavy atom. The maximum absolute atomic E-state index is 13.0. The molecule has 1 aromatic rings. The predicted octanol–water partition coefficient (Wildman–Crippen LogP) is 0.962. The van der Waals surface area contributed by atoms with E-state index in [1.807, 2.05) is 11.8 Å². The van der Waals surface area contributed by atoms with Gasteiger partial charge in [-0.25, -0.2) is 4.98 Å². The molecule has 0 aromatic carbocycles. The van der Waals surface area contributed by atoms with Crippen molar-refractivity contribution in [3.63, 3.8) is 0 Å². The van der Waals surface area contributed by atoms with Crippen molar-refractivity contribution in [2.45, 2.75) is 32.6 Å². The number of carbonyl (C=O) groups is 2. The first kappa shape index (κ1) is 20.7. The standard InChI is InChI=1S/C20H31N5O3/c1-17-15-22-18(16-21-17)20(27)25(10-9-23-11-13-28-14-12-23)8-5-19(26)24-6-3-2-4-7-24/h15-16H,2-14H2,1H3. The van der Waals surface area contributed by atoms with Crippen molar-refractivity contribution < 1.29 is 14.3 Å². The molecule has 0 spiro atoms. The van der Waals surface area contributed by atoms with E-state index in [9.17, 15) is 9.59 Å². The van der Waals surface area contributed by atoms with Crippen LogP contribution < -0.4 is 0 Å².